The molecule has 0 bridgehead atoms. The second-order valence-corrected chi connectivity index (χ2v) is 3.69. The Morgan fingerprint density at radius 1 is 1.47 bits per heavy atom. The minimum absolute atomic E-state index is 0.0241. The molecule has 0 radical (unpaired) electrons. The lowest BCUT2D eigenvalue weighted by Gasteiger charge is -2.13. The third-order valence-corrected chi connectivity index (χ3v) is 2.36. The lowest BCUT2D eigenvalue weighted by atomic mass is 10.3. The fourth-order valence-corrected chi connectivity index (χ4v) is 1.55. The van der Waals surface area contributed by atoms with Crippen LogP contribution in [0.25, 0.3) is 0 Å². The van der Waals surface area contributed by atoms with E-state index < -0.39 is 0 Å². The topological polar surface area (TPSA) is 79.4 Å². The van der Waals surface area contributed by atoms with Crippen molar-refractivity contribution in [1.29, 1.82) is 5.26 Å². The SMILES string of the molecule is CC(Nc1cccc(C#N)n1)c1nncn1C. The van der Waals surface area contributed by atoms with E-state index in [4.69, 9.17) is 5.26 Å². The molecule has 0 fully saturated rings. The van der Waals surface area contributed by atoms with Crippen molar-refractivity contribution < 1.29 is 0 Å². The highest BCUT2D eigenvalue weighted by Gasteiger charge is 2.11. The van der Waals surface area contributed by atoms with Crippen LogP contribution in [0.3, 0.4) is 0 Å². The Morgan fingerprint density at radius 2 is 2.29 bits per heavy atom. The molecule has 2 aromatic rings. The first-order valence-corrected chi connectivity index (χ1v) is 5.18. The summed E-state index contributed by atoms with van der Waals surface area (Å²) in [6.07, 6.45) is 1.65. The van der Waals surface area contributed by atoms with Gasteiger partial charge >= 0.3 is 0 Å². The largest absolute Gasteiger partial charge is 0.360 e. The predicted octanol–water partition coefficient (Wildman–Crippen LogP) is 1.25. The van der Waals surface area contributed by atoms with E-state index in [0.29, 0.717) is 11.5 Å². The quantitative estimate of drug-likeness (QED) is 0.855. The number of rotatable bonds is 3. The van der Waals surface area contributed by atoms with Gasteiger partial charge in [0.25, 0.3) is 0 Å². The van der Waals surface area contributed by atoms with E-state index in [1.54, 1.807) is 18.5 Å². The third-order valence-electron chi connectivity index (χ3n) is 2.36. The summed E-state index contributed by atoms with van der Waals surface area (Å²) in [5.74, 6) is 1.47. The maximum absolute atomic E-state index is 8.76. The molecule has 2 rings (SSSR count). The summed E-state index contributed by atoms with van der Waals surface area (Å²) in [5.41, 5.74) is 0.389. The third kappa shape index (κ3) is 2.39. The fraction of sp³-hybridized carbons (Fsp3) is 0.273. The smallest absolute Gasteiger partial charge is 0.154 e. The average molecular weight is 228 g/mol. The lowest BCUT2D eigenvalue weighted by molar-refractivity contribution is 0.716. The number of nitrogens with zero attached hydrogens (tertiary/aromatic N) is 5. The molecule has 2 aromatic heterocycles. The maximum Gasteiger partial charge on any atom is 0.154 e. The van der Waals surface area contributed by atoms with E-state index in [1.807, 2.05) is 30.7 Å². The van der Waals surface area contributed by atoms with Crippen LogP contribution in [-0.2, 0) is 7.05 Å². The van der Waals surface area contributed by atoms with Crippen LogP contribution in [0.15, 0.2) is 24.5 Å². The van der Waals surface area contributed by atoms with Crippen molar-refractivity contribution in [2.45, 2.75) is 13.0 Å². The van der Waals surface area contributed by atoms with Crippen LogP contribution < -0.4 is 5.32 Å². The van der Waals surface area contributed by atoms with Crippen molar-refractivity contribution in [2.75, 3.05) is 5.32 Å². The van der Waals surface area contributed by atoms with Crippen molar-refractivity contribution in [3.05, 3.63) is 36.0 Å². The van der Waals surface area contributed by atoms with Gasteiger partial charge in [-0.3, -0.25) is 0 Å². The first-order valence-electron chi connectivity index (χ1n) is 5.18. The first kappa shape index (κ1) is 11.1. The summed E-state index contributed by atoms with van der Waals surface area (Å²) in [6, 6.07) is 7.25. The average Bonchev–Trinajstić information content (AvgIpc) is 2.76. The monoisotopic (exact) mass is 228 g/mol. The van der Waals surface area contributed by atoms with E-state index in [0.717, 1.165) is 5.82 Å². The van der Waals surface area contributed by atoms with Crippen LogP contribution in [-0.4, -0.2) is 19.7 Å². The predicted molar refractivity (Wildman–Crippen MR) is 62.0 cm³/mol. The summed E-state index contributed by atoms with van der Waals surface area (Å²) in [5, 5.41) is 19.8. The van der Waals surface area contributed by atoms with Gasteiger partial charge in [0.15, 0.2) is 5.82 Å². The van der Waals surface area contributed by atoms with Crippen LogP contribution >= 0.6 is 0 Å². The van der Waals surface area contributed by atoms with Gasteiger partial charge in [-0.25, -0.2) is 4.98 Å². The number of anilines is 1. The lowest BCUT2D eigenvalue weighted by Crippen LogP contribution is -2.12. The van der Waals surface area contributed by atoms with E-state index in [9.17, 15) is 0 Å². The Labute approximate surface area is 98.9 Å². The van der Waals surface area contributed by atoms with Crippen molar-refractivity contribution in [3.8, 4) is 6.07 Å². The molecule has 6 nitrogen and oxygen atoms in total. The van der Waals surface area contributed by atoms with Crippen LogP contribution in [0.4, 0.5) is 5.82 Å². The van der Waals surface area contributed by atoms with Gasteiger partial charge in [-0.2, -0.15) is 5.26 Å². The summed E-state index contributed by atoms with van der Waals surface area (Å²) in [7, 11) is 1.88. The van der Waals surface area contributed by atoms with Crippen LogP contribution in [0.1, 0.15) is 24.5 Å². The Hall–Kier alpha value is -2.42. The summed E-state index contributed by atoms with van der Waals surface area (Å²) < 4.78 is 1.84. The molecule has 1 unspecified atom stereocenters. The van der Waals surface area contributed by atoms with Gasteiger partial charge in [-0.15, -0.1) is 10.2 Å². The van der Waals surface area contributed by atoms with Crippen LogP contribution in [0.2, 0.25) is 0 Å². The number of nitrogens with one attached hydrogen (secondary N) is 1. The molecule has 0 aromatic carbocycles. The van der Waals surface area contributed by atoms with Crippen molar-refractivity contribution in [1.82, 2.24) is 19.7 Å². The molecular weight excluding hydrogens is 216 g/mol. The molecule has 2 heterocycles. The molecule has 0 amide bonds. The van der Waals surface area contributed by atoms with E-state index in [-0.39, 0.29) is 6.04 Å². The fourth-order valence-electron chi connectivity index (χ4n) is 1.55. The van der Waals surface area contributed by atoms with Gasteiger partial charge in [0.05, 0.1) is 6.04 Å². The van der Waals surface area contributed by atoms with E-state index >= 15 is 0 Å². The standard InChI is InChI=1S/C11H12N6/c1-8(11-16-13-7-17(11)2)14-10-5-3-4-9(6-12)15-10/h3-5,7-8H,1-2H3,(H,14,15). The second kappa shape index (κ2) is 4.61. The van der Waals surface area contributed by atoms with Gasteiger partial charge in [-0.1, -0.05) is 6.07 Å². The van der Waals surface area contributed by atoms with Crippen molar-refractivity contribution in [3.63, 3.8) is 0 Å². The summed E-state index contributed by atoms with van der Waals surface area (Å²) in [4.78, 5) is 4.14. The molecule has 86 valence electrons. The van der Waals surface area contributed by atoms with E-state index in [1.165, 1.54) is 0 Å². The molecule has 6 heteroatoms. The molecule has 0 saturated heterocycles. The van der Waals surface area contributed by atoms with Crippen molar-refractivity contribution >= 4 is 5.82 Å². The molecular formula is C11H12N6. The Kier molecular flexibility index (Phi) is 3.01. The molecule has 0 aliphatic rings. The Bertz CT molecular complexity index is 553. The Balaban J connectivity index is 2.16. The van der Waals surface area contributed by atoms with Gasteiger partial charge in [0.1, 0.15) is 23.9 Å². The number of hydrogen-bond donors (Lipinski definition) is 1. The minimum Gasteiger partial charge on any atom is -0.360 e. The van der Waals surface area contributed by atoms with Gasteiger partial charge < -0.3 is 9.88 Å². The normalized spacial score (nSPS) is 11.8. The number of aromatic nitrogens is 4. The highest BCUT2D eigenvalue weighted by molar-refractivity contribution is 5.39. The van der Waals surface area contributed by atoms with E-state index in [2.05, 4.69) is 20.5 Å². The molecule has 0 aliphatic heterocycles. The highest BCUT2D eigenvalue weighted by atomic mass is 15.3. The second-order valence-electron chi connectivity index (χ2n) is 3.69. The number of aryl methyl sites for hydroxylation is 1. The van der Waals surface area contributed by atoms with Gasteiger partial charge in [-0.05, 0) is 19.1 Å². The number of nitriles is 1. The van der Waals surface area contributed by atoms with Crippen LogP contribution in [0, 0.1) is 11.3 Å². The zero-order valence-corrected chi connectivity index (χ0v) is 9.62. The molecule has 17 heavy (non-hydrogen) atoms. The minimum atomic E-state index is -0.0241. The van der Waals surface area contributed by atoms with Gasteiger partial charge in [0.2, 0.25) is 0 Å². The highest BCUT2D eigenvalue weighted by Crippen LogP contribution is 2.15. The summed E-state index contributed by atoms with van der Waals surface area (Å²) in [6.45, 7) is 1.96. The number of hydrogen-bond acceptors (Lipinski definition) is 5. The first-order chi connectivity index (χ1) is 8.20. The van der Waals surface area contributed by atoms with Crippen molar-refractivity contribution in [2.24, 2.45) is 7.05 Å². The zero-order valence-electron chi connectivity index (χ0n) is 9.62. The molecule has 0 aliphatic carbocycles. The molecule has 1 atom stereocenters. The Morgan fingerprint density at radius 3 is 2.94 bits per heavy atom. The molecule has 0 spiro atoms. The molecule has 0 saturated carbocycles. The van der Waals surface area contributed by atoms with Crippen LogP contribution in [0.5, 0.6) is 0 Å². The summed E-state index contributed by atoms with van der Waals surface area (Å²) >= 11 is 0. The number of pyridine rings is 1. The van der Waals surface area contributed by atoms with Gasteiger partial charge in [0, 0.05) is 7.05 Å². The maximum atomic E-state index is 8.76. The zero-order chi connectivity index (χ0) is 12.3. The molecule has 1 N–H and O–H groups in total.